The molecule has 100 valence electrons. The highest BCUT2D eigenvalue weighted by molar-refractivity contribution is 7.98. The number of para-hydroxylation sites is 3. The van der Waals surface area contributed by atoms with Crippen LogP contribution in [0.1, 0.15) is 0 Å². The Bertz CT molecular complexity index is 531. The Morgan fingerprint density at radius 3 is 2.16 bits per heavy atom. The van der Waals surface area contributed by atoms with Crippen LogP contribution in [0.5, 0.6) is 11.5 Å². The summed E-state index contributed by atoms with van der Waals surface area (Å²) in [6.07, 6.45) is 2.03. The smallest absolute Gasteiger partial charge is 0.142 e. The van der Waals surface area contributed by atoms with Crippen LogP contribution in [0.3, 0.4) is 0 Å². The molecule has 0 bridgehead atoms. The van der Waals surface area contributed by atoms with Gasteiger partial charge in [-0.25, -0.2) is 0 Å². The van der Waals surface area contributed by atoms with E-state index in [0.717, 1.165) is 10.6 Å². The molecule has 0 fully saturated rings. The Morgan fingerprint density at radius 2 is 1.47 bits per heavy atom. The molecule has 2 rings (SSSR count). The summed E-state index contributed by atoms with van der Waals surface area (Å²) in [4.78, 5) is 1.13. The zero-order chi connectivity index (χ0) is 13.5. The highest BCUT2D eigenvalue weighted by Gasteiger charge is 2.02. The fraction of sp³-hybridized carbons (Fsp3) is 0.200. The molecule has 2 N–H and O–H groups in total. The molecule has 0 radical (unpaired) electrons. The molecule has 0 heterocycles. The monoisotopic (exact) mass is 275 g/mol. The van der Waals surface area contributed by atoms with E-state index in [2.05, 4.69) is 0 Å². The number of ether oxygens (including phenoxy) is 2. The molecule has 0 aromatic heterocycles. The Labute approximate surface area is 117 Å². The molecule has 0 aliphatic carbocycles. The normalized spacial score (nSPS) is 10.2. The molecule has 0 aliphatic heterocycles. The fourth-order valence-electron chi connectivity index (χ4n) is 1.65. The molecule has 0 atom stereocenters. The van der Waals surface area contributed by atoms with Gasteiger partial charge in [0, 0.05) is 4.90 Å². The van der Waals surface area contributed by atoms with Crippen LogP contribution < -0.4 is 15.2 Å². The van der Waals surface area contributed by atoms with E-state index in [-0.39, 0.29) is 0 Å². The molecule has 2 aromatic rings. The zero-order valence-electron chi connectivity index (χ0n) is 10.8. The van der Waals surface area contributed by atoms with Crippen molar-refractivity contribution in [3.05, 3.63) is 48.5 Å². The van der Waals surface area contributed by atoms with Gasteiger partial charge in [0.25, 0.3) is 0 Å². The van der Waals surface area contributed by atoms with Crippen molar-refractivity contribution in [3.8, 4) is 11.5 Å². The van der Waals surface area contributed by atoms with Gasteiger partial charge >= 0.3 is 0 Å². The van der Waals surface area contributed by atoms with Crippen LogP contribution in [-0.2, 0) is 0 Å². The minimum atomic E-state index is 0.469. The second-order valence-corrected chi connectivity index (χ2v) is 4.73. The van der Waals surface area contributed by atoms with Gasteiger partial charge < -0.3 is 15.2 Å². The van der Waals surface area contributed by atoms with Crippen molar-refractivity contribution in [2.24, 2.45) is 0 Å². The molecule has 0 unspecified atom stereocenters. The number of nitrogen functional groups attached to an aromatic ring is 1. The van der Waals surface area contributed by atoms with Crippen molar-refractivity contribution >= 4 is 17.4 Å². The van der Waals surface area contributed by atoms with Crippen LogP contribution in [0.25, 0.3) is 0 Å². The van der Waals surface area contributed by atoms with E-state index in [0.29, 0.717) is 24.7 Å². The molecular formula is C15H17NO2S. The second-order valence-electron chi connectivity index (χ2n) is 3.89. The van der Waals surface area contributed by atoms with Gasteiger partial charge in [0.1, 0.15) is 24.7 Å². The quantitative estimate of drug-likeness (QED) is 0.498. The zero-order valence-corrected chi connectivity index (χ0v) is 11.7. The lowest BCUT2D eigenvalue weighted by molar-refractivity contribution is 0.215. The summed E-state index contributed by atoms with van der Waals surface area (Å²) < 4.78 is 11.3. The Balaban J connectivity index is 1.83. The summed E-state index contributed by atoms with van der Waals surface area (Å²) >= 11 is 1.67. The van der Waals surface area contributed by atoms with Gasteiger partial charge in [0.05, 0.1) is 5.69 Å². The van der Waals surface area contributed by atoms with Crippen LogP contribution in [-0.4, -0.2) is 19.5 Å². The average molecular weight is 275 g/mol. The topological polar surface area (TPSA) is 44.5 Å². The van der Waals surface area contributed by atoms with E-state index in [4.69, 9.17) is 15.2 Å². The van der Waals surface area contributed by atoms with E-state index in [1.165, 1.54) is 0 Å². The van der Waals surface area contributed by atoms with Crippen molar-refractivity contribution in [1.82, 2.24) is 0 Å². The van der Waals surface area contributed by atoms with Crippen LogP contribution in [0.4, 0.5) is 5.69 Å². The van der Waals surface area contributed by atoms with E-state index < -0.39 is 0 Å². The lowest BCUT2D eigenvalue weighted by atomic mass is 10.3. The van der Waals surface area contributed by atoms with Crippen LogP contribution in [0.15, 0.2) is 53.4 Å². The first-order valence-electron chi connectivity index (χ1n) is 6.04. The summed E-state index contributed by atoms with van der Waals surface area (Å²) in [6, 6.07) is 15.4. The highest BCUT2D eigenvalue weighted by atomic mass is 32.2. The molecule has 0 aliphatic rings. The van der Waals surface area contributed by atoms with Gasteiger partial charge in [0.2, 0.25) is 0 Å². The summed E-state index contributed by atoms with van der Waals surface area (Å²) in [7, 11) is 0. The third-order valence-corrected chi connectivity index (χ3v) is 3.36. The van der Waals surface area contributed by atoms with Gasteiger partial charge in [-0.15, -0.1) is 11.8 Å². The lowest BCUT2D eigenvalue weighted by Gasteiger charge is -2.11. The maximum Gasteiger partial charge on any atom is 0.142 e. The number of rotatable bonds is 6. The predicted octanol–water partition coefficient (Wildman–Crippen LogP) is 3.45. The summed E-state index contributed by atoms with van der Waals surface area (Å²) in [6.45, 7) is 0.961. The Hall–Kier alpha value is -1.81. The Kier molecular flexibility index (Phi) is 4.98. The molecule has 3 nitrogen and oxygen atoms in total. The number of benzene rings is 2. The van der Waals surface area contributed by atoms with Gasteiger partial charge in [-0.3, -0.25) is 0 Å². The van der Waals surface area contributed by atoms with Gasteiger partial charge in [0.15, 0.2) is 0 Å². The van der Waals surface area contributed by atoms with Crippen LogP contribution in [0, 0.1) is 0 Å². The maximum absolute atomic E-state index is 5.79. The summed E-state index contributed by atoms with van der Waals surface area (Å²) in [5.74, 6) is 1.59. The average Bonchev–Trinajstić information content (AvgIpc) is 2.45. The third-order valence-electron chi connectivity index (χ3n) is 2.59. The van der Waals surface area contributed by atoms with Crippen LogP contribution in [0.2, 0.25) is 0 Å². The number of anilines is 1. The van der Waals surface area contributed by atoms with E-state index in [1.807, 2.05) is 54.8 Å². The first-order valence-corrected chi connectivity index (χ1v) is 7.27. The van der Waals surface area contributed by atoms with Crippen molar-refractivity contribution < 1.29 is 9.47 Å². The minimum absolute atomic E-state index is 0.469. The van der Waals surface area contributed by atoms with Gasteiger partial charge in [-0.1, -0.05) is 24.3 Å². The second kappa shape index (κ2) is 6.95. The SMILES string of the molecule is CSc1ccccc1OCCOc1ccccc1N. The predicted molar refractivity (Wildman–Crippen MR) is 80.1 cm³/mol. The van der Waals surface area contributed by atoms with Crippen molar-refractivity contribution in [2.45, 2.75) is 4.90 Å². The fourth-order valence-corrected chi connectivity index (χ4v) is 2.20. The van der Waals surface area contributed by atoms with Crippen LogP contribution >= 0.6 is 11.8 Å². The molecular weight excluding hydrogens is 258 g/mol. The standard InChI is InChI=1S/C15H17NO2S/c1-19-15-9-5-4-8-14(15)18-11-10-17-13-7-3-2-6-12(13)16/h2-9H,10-11,16H2,1H3. The minimum Gasteiger partial charge on any atom is -0.489 e. The van der Waals surface area contributed by atoms with E-state index in [9.17, 15) is 0 Å². The molecule has 4 heteroatoms. The molecule has 0 saturated carbocycles. The third kappa shape index (κ3) is 3.83. The number of thioether (sulfide) groups is 1. The highest BCUT2D eigenvalue weighted by Crippen LogP contribution is 2.26. The molecule has 0 spiro atoms. The number of nitrogens with two attached hydrogens (primary N) is 1. The number of hydrogen-bond donors (Lipinski definition) is 1. The first-order chi connectivity index (χ1) is 9.31. The molecule has 0 saturated heterocycles. The summed E-state index contributed by atoms with van der Waals surface area (Å²) in [5, 5.41) is 0. The van der Waals surface area contributed by atoms with E-state index >= 15 is 0 Å². The largest absolute Gasteiger partial charge is 0.489 e. The maximum atomic E-state index is 5.79. The molecule has 19 heavy (non-hydrogen) atoms. The van der Waals surface area contributed by atoms with E-state index in [1.54, 1.807) is 11.8 Å². The van der Waals surface area contributed by atoms with Crippen molar-refractivity contribution in [3.63, 3.8) is 0 Å². The molecule has 0 amide bonds. The first kappa shape index (κ1) is 13.6. The van der Waals surface area contributed by atoms with Gasteiger partial charge in [-0.2, -0.15) is 0 Å². The lowest BCUT2D eigenvalue weighted by Crippen LogP contribution is -2.10. The number of hydrogen-bond acceptors (Lipinski definition) is 4. The molecule has 2 aromatic carbocycles. The van der Waals surface area contributed by atoms with Gasteiger partial charge in [-0.05, 0) is 30.5 Å². The van der Waals surface area contributed by atoms with Crippen molar-refractivity contribution in [2.75, 3.05) is 25.2 Å². The van der Waals surface area contributed by atoms with Crippen molar-refractivity contribution in [1.29, 1.82) is 0 Å². The Morgan fingerprint density at radius 1 is 0.895 bits per heavy atom. The summed E-state index contributed by atoms with van der Waals surface area (Å²) in [5.41, 5.74) is 6.44.